The lowest BCUT2D eigenvalue weighted by molar-refractivity contribution is 0.355. The van der Waals surface area contributed by atoms with E-state index >= 15 is 0 Å². The fourth-order valence-corrected chi connectivity index (χ4v) is 3.05. The van der Waals surface area contributed by atoms with E-state index in [4.69, 9.17) is 14.5 Å². The first-order chi connectivity index (χ1) is 12.7. The molecule has 2 aliphatic rings. The summed E-state index contributed by atoms with van der Waals surface area (Å²) >= 11 is 0. The third-order valence-electron chi connectivity index (χ3n) is 4.32. The van der Waals surface area contributed by atoms with Crippen molar-refractivity contribution in [2.24, 2.45) is 9.98 Å². The molecule has 0 radical (unpaired) electrons. The SMILES string of the molecule is COc1cc2c(cc1OC)C1=NCCN1C(/C=C(\O)c1cccnc1)=N2.Cl. The Kier molecular flexibility index (Phi) is 5.32. The van der Waals surface area contributed by atoms with Crippen molar-refractivity contribution in [2.75, 3.05) is 27.3 Å². The number of ether oxygens (including phenoxy) is 2. The number of methoxy groups -OCH3 is 2. The zero-order valence-electron chi connectivity index (χ0n) is 14.9. The monoisotopic (exact) mass is 386 g/mol. The highest BCUT2D eigenvalue weighted by atomic mass is 35.5. The van der Waals surface area contributed by atoms with Gasteiger partial charge >= 0.3 is 0 Å². The predicted molar refractivity (Wildman–Crippen MR) is 107 cm³/mol. The van der Waals surface area contributed by atoms with Crippen LogP contribution in [0.3, 0.4) is 0 Å². The Morgan fingerprint density at radius 1 is 1.22 bits per heavy atom. The molecule has 1 aromatic heterocycles. The summed E-state index contributed by atoms with van der Waals surface area (Å²) in [6.07, 6.45) is 4.91. The summed E-state index contributed by atoms with van der Waals surface area (Å²) in [4.78, 5) is 15.3. The van der Waals surface area contributed by atoms with Crippen LogP contribution in [0, 0.1) is 0 Å². The maximum absolute atomic E-state index is 10.5. The van der Waals surface area contributed by atoms with Crippen LogP contribution < -0.4 is 9.47 Å². The summed E-state index contributed by atoms with van der Waals surface area (Å²) in [5.74, 6) is 2.78. The molecule has 0 aliphatic carbocycles. The van der Waals surface area contributed by atoms with Gasteiger partial charge in [-0.3, -0.25) is 9.98 Å². The number of fused-ring (bicyclic) bond motifs is 3. The molecule has 7 nitrogen and oxygen atoms in total. The van der Waals surface area contributed by atoms with Gasteiger partial charge in [0.2, 0.25) is 0 Å². The van der Waals surface area contributed by atoms with Gasteiger partial charge in [-0.15, -0.1) is 12.4 Å². The van der Waals surface area contributed by atoms with Gasteiger partial charge in [-0.1, -0.05) is 0 Å². The van der Waals surface area contributed by atoms with Crippen molar-refractivity contribution in [1.82, 2.24) is 9.88 Å². The zero-order valence-corrected chi connectivity index (χ0v) is 15.7. The highest BCUT2D eigenvalue weighted by molar-refractivity contribution is 6.20. The van der Waals surface area contributed by atoms with Crippen molar-refractivity contribution in [3.63, 3.8) is 0 Å². The van der Waals surface area contributed by atoms with Crippen LogP contribution in [0.1, 0.15) is 11.1 Å². The van der Waals surface area contributed by atoms with Crippen LogP contribution in [-0.2, 0) is 0 Å². The summed E-state index contributed by atoms with van der Waals surface area (Å²) in [6.45, 7) is 1.38. The Labute approximate surface area is 163 Å². The lowest BCUT2D eigenvalue weighted by atomic mass is 10.1. The van der Waals surface area contributed by atoms with Gasteiger partial charge in [0.15, 0.2) is 11.5 Å². The highest BCUT2D eigenvalue weighted by Gasteiger charge is 2.30. The van der Waals surface area contributed by atoms with Crippen molar-refractivity contribution in [3.8, 4) is 11.5 Å². The van der Waals surface area contributed by atoms with E-state index in [1.807, 2.05) is 17.0 Å². The van der Waals surface area contributed by atoms with E-state index in [2.05, 4.69) is 9.98 Å². The second kappa shape index (κ2) is 7.67. The van der Waals surface area contributed by atoms with Gasteiger partial charge in [0.25, 0.3) is 0 Å². The molecule has 2 aliphatic heterocycles. The van der Waals surface area contributed by atoms with E-state index in [0.29, 0.717) is 36.0 Å². The first-order valence-electron chi connectivity index (χ1n) is 8.19. The van der Waals surface area contributed by atoms with Crippen LogP contribution in [0.15, 0.2) is 52.7 Å². The number of halogens is 1. The van der Waals surface area contributed by atoms with Gasteiger partial charge in [-0.2, -0.15) is 0 Å². The molecule has 3 heterocycles. The molecule has 27 heavy (non-hydrogen) atoms. The van der Waals surface area contributed by atoms with Crippen LogP contribution in [0.25, 0.3) is 5.76 Å². The molecule has 0 bridgehead atoms. The predicted octanol–water partition coefficient (Wildman–Crippen LogP) is 3.23. The van der Waals surface area contributed by atoms with Crippen molar-refractivity contribution in [3.05, 3.63) is 53.9 Å². The van der Waals surface area contributed by atoms with E-state index < -0.39 is 0 Å². The van der Waals surface area contributed by atoms with Gasteiger partial charge in [-0.25, -0.2) is 4.99 Å². The number of nitrogens with zero attached hydrogens (tertiary/aromatic N) is 4. The maximum atomic E-state index is 10.5. The van der Waals surface area contributed by atoms with Gasteiger partial charge in [0, 0.05) is 42.2 Å². The van der Waals surface area contributed by atoms with Gasteiger partial charge < -0.3 is 19.5 Å². The molecule has 0 atom stereocenters. The van der Waals surface area contributed by atoms with Gasteiger partial charge in [0.05, 0.1) is 26.5 Å². The average molecular weight is 387 g/mol. The molecular weight excluding hydrogens is 368 g/mol. The van der Waals surface area contributed by atoms with Crippen LogP contribution in [0.5, 0.6) is 11.5 Å². The standard InChI is InChI=1S/C19H18N4O3.ClH/c1-25-16-8-13-14(9-17(16)26-2)22-18(23-7-6-21-19(13)23)10-15(24)12-4-3-5-20-11-12;/h3-5,8-11,24H,6-7H2,1-2H3;1H/b15-10-;. The quantitative estimate of drug-likeness (QED) is 0.816. The molecule has 0 amide bonds. The van der Waals surface area contributed by atoms with E-state index in [1.165, 1.54) is 0 Å². The molecule has 0 saturated carbocycles. The van der Waals surface area contributed by atoms with E-state index in [1.54, 1.807) is 44.8 Å². The van der Waals surface area contributed by atoms with Crippen LogP contribution in [0.2, 0.25) is 0 Å². The number of aliphatic imine (C=N–C) groups is 2. The lowest BCUT2D eigenvalue weighted by Gasteiger charge is -2.26. The number of hydrogen-bond donors (Lipinski definition) is 1. The van der Waals surface area contributed by atoms with Crippen molar-refractivity contribution in [1.29, 1.82) is 0 Å². The summed E-state index contributed by atoms with van der Waals surface area (Å²) < 4.78 is 10.8. The molecule has 0 spiro atoms. The lowest BCUT2D eigenvalue weighted by Crippen LogP contribution is -2.36. The van der Waals surface area contributed by atoms with Crippen LogP contribution in [-0.4, -0.2) is 54.0 Å². The molecule has 0 unspecified atom stereocenters. The second-order valence-corrected chi connectivity index (χ2v) is 5.82. The number of hydrogen-bond acceptors (Lipinski definition) is 7. The molecule has 4 rings (SSSR count). The molecule has 1 N–H and O–H groups in total. The molecule has 8 heteroatoms. The number of benzene rings is 1. The van der Waals surface area contributed by atoms with E-state index in [9.17, 15) is 5.11 Å². The van der Waals surface area contributed by atoms with E-state index in [0.717, 1.165) is 17.1 Å². The minimum atomic E-state index is 0. The Morgan fingerprint density at radius 3 is 2.70 bits per heavy atom. The Bertz CT molecular complexity index is 941. The third-order valence-corrected chi connectivity index (χ3v) is 4.32. The zero-order chi connectivity index (χ0) is 18.1. The minimum absolute atomic E-state index is 0. The largest absolute Gasteiger partial charge is 0.507 e. The van der Waals surface area contributed by atoms with Crippen molar-refractivity contribution in [2.45, 2.75) is 0 Å². The Hall–Kier alpha value is -3.06. The fraction of sp³-hybridized carbons (Fsp3) is 0.211. The first-order valence-corrected chi connectivity index (χ1v) is 8.19. The van der Waals surface area contributed by atoms with Crippen molar-refractivity contribution < 1.29 is 14.6 Å². The number of amidine groups is 2. The molecule has 140 valence electrons. The highest BCUT2D eigenvalue weighted by Crippen LogP contribution is 2.38. The second-order valence-electron chi connectivity index (χ2n) is 5.82. The number of aliphatic hydroxyl groups is 1. The average Bonchev–Trinajstić information content (AvgIpc) is 3.18. The topological polar surface area (TPSA) is 79.5 Å². The third kappa shape index (κ3) is 3.33. The summed E-state index contributed by atoms with van der Waals surface area (Å²) in [6, 6.07) is 7.28. The van der Waals surface area contributed by atoms with Crippen LogP contribution in [0.4, 0.5) is 5.69 Å². The summed E-state index contributed by atoms with van der Waals surface area (Å²) in [7, 11) is 3.19. The number of aromatic nitrogens is 1. The number of rotatable bonds is 4. The van der Waals surface area contributed by atoms with E-state index in [-0.39, 0.29) is 18.2 Å². The maximum Gasteiger partial charge on any atom is 0.162 e. The smallest absolute Gasteiger partial charge is 0.162 e. The normalized spacial score (nSPS) is 15.2. The molecule has 1 aromatic carbocycles. The molecule has 2 aromatic rings. The number of aliphatic hydroxyl groups excluding tert-OH is 1. The van der Waals surface area contributed by atoms with Gasteiger partial charge in [0.1, 0.15) is 17.4 Å². The first kappa shape index (κ1) is 18.7. The molecule has 0 saturated heterocycles. The summed E-state index contributed by atoms with van der Waals surface area (Å²) in [5, 5.41) is 10.5. The van der Waals surface area contributed by atoms with Crippen molar-refractivity contribution >= 4 is 35.5 Å². The molecular formula is C19H19ClN4O3. The Morgan fingerprint density at radius 2 is 2.00 bits per heavy atom. The minimum Gasteiger partial charge on any atom is -0.507 e. The molecule has 0 fully saturated rings. The Balaban J connectivity index is 0.00000210. The van der Waals surface area contributed by atoms with Gasteiger partial charge in [-0.05, 0) is 18.2 Å². The van der Waals surface area contributed by atoms with Crippen LogP contribution >= 0.6 is 12.4 Å². The fourth-order valence-electron chi connectivity index (χ4n) is 3.05. The number of pyridine rings is 1. The summed E-state index contributed by atoms with van der Waals surface area (Å²) in [5.41, 5.74) is 2.24.